The Morgan fingerprint density at radius 1 is 1.26 bits per heavy atom. The largest absolute Gasteiger partial charge is 0.315 e. The Labute approximate surface area is 119 Å². The fourth-order valence-electron chi connectivity index (χ4n) is 2.96. The number of benzene rings is 1. The van der Waals surface area contributed by atoms with Crippen molar-refractivity contribution < 1.29 is 0 Å². The average Bonchev–Trinajstić information content (AvgIpc) is 2.38. The Bertz CT molecular complexity index is 362. The van der Waals surface area contributed by atoms with Crippen LogP contribution in [0.25, 0.3) is 0 Å². The average molecular weight is 262 g/mol. The van der Waals surface area contributed by atoms with Gasteiger partial charge in [-0.1, -0.05) is 50.1 Å². The van der Waals surface area contributed by atoms with Gasteiger partial charge in [-0.05, 0) is 39.4 Å². The van der Waals surface area contributed by atoms with Crippen molar-refractivity contribution in [2.24, 2.45) is 0 Å². The summed E-state index contributed by atoms with van der Waals surface area (Å²) in [6.07, 6.45) is 3.67. The summed E-state index contributed by atoms with van der Waals surface area (Å²) >= 11 is 0. The van der Waals surface area contributed by atoms with Crippen molar-refractivity contribution in [1.82, 2.24) is 10.2 Å². The molecule has 108 valence electrons. The SMILES string of the molecule is CCCC(NC)C(CC)N(C)Cc1cccc(C)c1. The molecular weight excluding hydrogens is 232 g/mol. The van der Waals surface area contributed by atoms with Gasteiger partial charge in [-0.15, -0.1) is 0 Å². The first-order valence-electron chi connectivity index (χ1n) is 7.55. The molecular formula is C17H30N2. The van der Waals surface area contributed by atoms with Gasteiger partial charge in [0.15, 0.2) is 0 Å². The van der Waals surface area contributed by atoms with E-state index in [0.717, 1.165) is 6.54 Å². The van der Waals surface area contributed by atoms with Crippen LogP contribution in [-0.2, 0) is 6.54 Å². The minimum atomic E-state index is 0.588. The summed E-state index contributed by atoms with van der Waals surface area (Å²) in [6.45, 7) is 7.74. The van der Waals surface area contributed by atoms with Crippen LogP contribution >= 0.6 is 0 Å². The zero-order valence-corrected chi connectivity index (χ0v) is 13.2. The zero-order chi connectivity index (χ0) is 14.3. The summed E-state index contributed by atoms with van der Waals surface area (Å²) in [5, 5.41) is 3.49. The molecule has 2 unspecified atom stereocenters. The van der Waals surface area contributed by atoms with E-state index in [1.807, 2.05) is 0 Å². The van der Waals surface area contributed by atoms with Gasteiger partial charge in [-0.25, -0.2) is 0 Å². The number of aryl methyl sites for hydroxylation is 1. The second-order valence-corrected chi connectivity index (χ2v) is 5.56. The third-order valence-electron chi connectivity index (χ3n) is 3.93. The van der Waals surface area contributed by atoms with Crippen LogP contribution in [0.3, 0.4) is 0 Å². The molecule has 2 heteroatoms. The van der Waals surface area contributed by atoms with E-state index in [1.54, 1.807) is 0 Å². The highest BCUT2D eigenvalue weighted by Gasteiger charge is 2.21. The van der Waals surface area contributed by atoms with E-state index < -0.39 is 0 Å². The first-order valence-corrected chi connectivity index (χ1v) is 7.55. The lowest BCUT2D eigenvalue weighted by Crippen LogP contribution is -2.46. The van der Waals surface area contributed by atoms with Gasteiger partial charge in [0.05, 0.1) is 0 Å². The van der Waals surface area contributed by atoms with Crippen molar-refractivity contribution in [3.05, 3.63) is 35.4 Å². The predicted octanol–water partition coefficient (Wildman–Crippen LogP) is 3.59. The second-order valence-electron chi connectivity index (χ2n) is 5.56. The third kappa shape index (κ3) is 4.96. The van der Waals surface area contributed by atoms with Gasteiger partial charge in [-0.3, -0.25) is 4.90 Å². The normalized spacial score (nSPS) is 14.6. The molecule has 1 aromatic rings. The summed E-state index contributed by atoms with van der Waals surface area (Å²) in [6, 6.07) is 10.0. The number of rotatable bonds is 8. The molecule has 19 heavy (non-hydrogen) atoms. The van der Waals surface area contributed by atoms with Crippen LogP contribution in [0.2, 0.25) is 0 Å². The number of hydrogen-bond acceptors (Lipinski definition) is 2. The molecule has 0 saturated carbocycles. The first-order chi connectivity index (χ1) is 9.12. The third-order valence-corrected chi connectivity index (χ3v) is 3.93. The van der Waals surface area contributed by atoms with E-state index in [-0.39, 0.29) is 0 Å². The molecule has 0 heterocycles. The zero-order valence-electron chi connectivity index (χ0n) is 13.2. The van der Waals surface area contributed by atoms with Crippen molar-refractivity contribution in [3.8, 4) is 0 Å². The van der Waals surface area contributed by atoms with Gasteiger partial charge < -0.3 is 5.32 Å². The quantitative estimate of drug-likeness (QED) is 0.770. The second kappa shape index (κ2) is 8.34. The number of nitrogens with one attached hydrogen (secondary N) is 1. The molecule has 0 amide bonds. The Morgan fingerprint density at radius 2 is 2.00 bits per heavy atom. The summed E-state index contributed by atoms with van der Waals surface area (Å²) in [5.41, 5.74) is 2.75. The highest BCUT2D eigenvalue weighted by Crippen LogP contribution is 2.15. The van der Waals surface area contributed by atoms with E-state index in [2.05, 4.69) is 69.3 Å². The van der Waals surface area contributed by atoms with Crippen LogP contribution in [0.4, 0.5) is 0 Å². The van der Waals surface area contributed by atoms with Gasteiger partial charge >= 0.3 is 0 Å². The molecule has 0 aliphatic heterocycles. The highest BCUT2D eigenvalue weighted by molar-refractivity contribution is 5.22. The van der Waals surface area contributed by atoms with Crippen LogP contribution in [0.1, 0.15) is 44.2 Å². The molecule has 0 fully saturated rings. The Hall–Kier alpha value is -0.860. The van der Waals surface area contributed by atoms with Crippen molar-refractivity contribution in [2.75, 3.05) is 14.1 Å². The standard InChI is InChI=1S/C17H30N2/c1-6-9-16(18-4)17(7-2)19(5)13-15-11-8-10-14(3)12-15/h8,10-12,16-18H,6-7,9,13H2,1-5H3. The van der Waals surface area contributed by atoms with E-state index in [0.29, 0.717) is 12.1 Å². The maximum Gasteiger partial charge on any atom is 0.0247 e. The number of nitrogens with zero attached hydrogens (tertiary/aromatic N) is 1. The van der Waals surface area contributed by atoms with E-state index in [9.17, 15) is 0 Å². The highest BCUT2D eigenvalue weighted by atomic mass is 15.2. The smallest absolute Gasteiger partial charge is 0.0247 e. The van der Waals surface area contributed by atoms with Crippen LogP contribution in [-0.4, -0.2) is 31.1 Å². The van der Waals surface area contributed by atoms with Crippen molar-refractivity contribution >= 4 is 0 Å². The molecule has 0 saturated heterocycles. The summed E-state index contributed by atoms with van der Waals surface area (Å²) in [5.74, 6) is 0. The van der Waals surface area contributed by atoms with Crippen molar-refractivity contribution in [3.63, 3.8) is 0 Å². The van der Waals surface area contributed by atoms with Gasteiger partial charge in [-0.2, -0.15) is 0 Å². The predicted molar refractivity (Wildman–Crippen MR) is 84.5 cm³/mol. The molecule has 1 N–H and O–H groups in total. The molecule has 0 aliphatic rings. The Balaban J connectivity index is 2.70. The molecule has 0 bridgehead atoms. The lowest BCUT2D eigenvalue weighted by molar-refractivity contribution is 0.176. The fourth-order valence-corrected chi connectivity index (χ4v) is 2.96. The lowest BCUT2D eigenvalue weighted by Gasteiger charge is -2.34. The molecule has 1 aromatic carbocycles. The maximum absolute atomic E-state index is 3.49. The van der Waals surface area contributed by atoms with Crippen LogP contribution in [0, 0.1) is 6.92 Å². The summed E-state index contributed by atoms with van der Waals surface area (Å²) in [7, 11) is 4.33. The molecule has 1 rings (SSSR count). The van der Waals surface area contributed by atoms with Crippen LogP contribution < -0.4 is 5.32 Å². The maximum atomic E-state index is 3.49. The Morgan fingerprint density at radius 3 is 2.53 bits per heavy atom. The topological polar surface area (TPSA) is 15.3 Å². The molecule has 2 nitrogen and oxygen atoms in total. The van der Waals surface area contributed by atoms with Gasteiger partial charge in [0.1, 0.15) is 0 Å². The number of likely N-dealkylation sites (N-methyl/N-ethyl adjacent to an activating group) is 2. The molecule has 0 radical (unpaired) electrons. The van der Waals surface area contributed by atoms with E-state index in [1.165, 1.54) is 30.4 Å². The minimum Gasteiger partial charge on any atom is -0.315 e. The minimum absolute atomic E-state index is 0.588. The van der Waals surface area contributed by atoms with Gasteiger partial charge in [0, 0.05) is 18.6 Å². The number of hydrogen-bond donors (Lipinski definition) is 1. The van der Waals surface area contributed by atoms with E-state index in [4.69, 9.17) is 0 Å². The van der Waals surface area contributed by atoms with Crippen LogP contribution in [0.5, 0.6) is 0 Å². The summed E-state index contributed by atoms with van der Waals surface area (Å²) < 4.78 is 0. The Kier molecular flexibility index (Phi) is 7.11. The molecule has 0 aromatic heterocycles. The first kappa shape index (κ1) is 16.2. The monoisotopic (exact) mass is 262 g/mol. The fraction of sp³-hybridized carbons (Fsp3) is 0.647. The van der Waals surface area contributed by atoms with Gasteiger partial charge in [0.25, 0.3) is 0 Å². The van der Waals surface area contributed by atoms with Crippen molar-refractivity contribution in [1.29, 1.82) is 0 Å². The molecule has 0 aliphatic carbocycles. The summed E-state index contributed by atoms with van der Waals surface area (Å²) in [4.78, 5) is 2.49. The van der Waals surface area contributed by atoms with E-state index >= 15 is 0 Å². The van der Waals surface area contributed by atoms with Crippen LogP contribution in [0.15, 0.2) is 24.3 Å². The molecule has 2 atom stereocenters. The lowest BCUT2D eigenvalue weighted by atomic mass is 9.99. The van der Waals surface area contributed by atoms with Crippen molar-refractivity contribution in [2.45, 2.75) is 58.7 Å². The molecule has 0 spiro atoms. The van der Waals surface area contributed by atoms with Gasteiger partial charge in [0.2, 0.25) is 0 Å².